The van der Waals surface area contributed by atoms with Gasteiger partial charge in [-0.05, 0) is 202 Å². The van der Waals surface area contributed by atoms with E-state index in [1.807, 2.05) is 0 Å². The molecule has 81 heavy (non-hydrogen) atoms. The van der Waals surface area contributed by atoms with E-state index in [1.165, 1.54) is 117 Å². The molecule has 0 amide bonds. The first-order valence-corrected chi connectivity index (χ1v) is 29.8. The Bertz CT molecular complexity index is 4050. The fourth-order valence-corrected chi connectivity index (χ4v) is 13.3. The lowest BCUT2D eigenvalue weighted by atomic mass is 9.33. The zero-order chi connectivity index (χ0) is 56.9. The summed E-state index contributed by atoms with van der Waals surface area (Å²) in [7, 11) is 0. The number of furan rings is 1. The molecule has 2 aliphatic heterocycles. The second-order valence-electron chi connectivity index (χ2n) is 29.0. The molecule has 406 valence electrons. The molecule has 0 radical (unpaired) electrons. The first-order valence-electron chi connectivity index (χ1n) is 29.8. The number of hydrogen-bond donors (Lipinski definition) is 0. The second-order valence-corrected chi connectivity index (χ2v) is 29.0. The summed E-state index contributed by atoms with van der Waals surface area (Å²) in [6, 6.07) is 66.7. The summed E-state index contributed by atoms with van der Waals surface area (Å²) in [6.07, 6.45) is 3.30. The largest absolute Gasteiger partial charge is 0.456 e. The van der Waals surface area contributed by atoms with Crippen molar-refractivity contribution in [2.75, 3.05) is 9.80 Å². The Hall–Kier alpha value is -7.56. The molecule has 0 N–H and O–H groups in total. The van der Waals surface area contributed by atoms with Gasteiger partial charge in [0.05, 0.1) is 11.1 Å². The average molecular weight is 1060 g/mol. The predicted octanol–water partition coefficient (Wildman–Crippen LogP) is 19.6. The van der Waals surface area contributed by atoms with Crippen LogP contribution < -0.4 is 26.2 Å². The third-order valence-electron chi connectivity index (χ3n) is 18.2. The molecule has 1 aliphatic carbocycles. The summed E-state index contributed by atoms with van der Waals surface area (Å²) in [6.45, 7) is 34.6. The molecular weight excluding hydrogens is 980 g/mol. The van der Waals surface area contributed by atoms with Crippen molar-refractivity contribution in [3.05, 3.63) is 209 Å². The van der Waals surface area contributed by atoms with Gasteiger partial charge in [0.25, 0.3) is 6.71 Å². The Balaban J connectivity index is 1.15. The smallest absolute Gasteiger partial charge is 0.252 e. The highest BCUT2D eigenvalue weighted by Crippen LogP contribution is 2.51. The third kappa shape index (κ3) is 9.04. The lowest BCUT2D eigenvalue weighted by Crippen LogP contribution is -2.61. The Morgan fingerprint density at radius 3 is 1.32 bits per heavy atom. The monoisotopic (exact) mass is 1060 g/mol. The fourth-order valence-electron chi connectivity index (χ4n) is 13.3. The van der Waals surface area contributed by atoms with Gasteiger partial charge < -0.3 is 14.2 Å². The van der Waals surface area contributed by atoms with Crippen molar-refractivity contribution in [2.45, 2.75) is 150 Å². The van der Waals surface area contributed by atoms with Crippen molar-refractivity contribution in [3.63, 3.8) is 0 Å². The molecular formula is C77H79BN2O. The van der Waals surface area contributed by atoms with Gasteiger partial charge in [-0.15, -0.1) is 0 Å². The van der Waals surface area contributed by atoms with E-state index in [9.17, 15) is 0 Å². The summed E-state index contributed by atoms with van der Waals surface area (Å²) < 4.78 is 7.17. The summed E-state index contributed by atoms with van der Waals surface area (Å²) in [5.41, 5.74) is 29.5. The highest BCUT2D eigenvalue weighted by atomic mass is 16.3. The molecule has 9 aromatic carbocycles. The molecule has 1 aromatic heterocycles. The van der Waals surface area contributed by atoms with Crippen molar-refractivity contribution < 1.29 is 4.42 Å². The summed E-state index contributed by atoms with van der Waals surface area (Å²) >= 11 is 0. The summed E-state index contributed by atoms with van der Waals surface area (Å²) in [5, 5.41) is 2.39. The number of aryl methyl sites for hydroxylation is 2. The minimum Gasteiger partial charge on any atom is -0.456 e. The van der Waals surface area contributed by atoms with Crippen LogP contribution in [0.15, 0.2) is 174 Å². The molecule has 0 saturated heterocycles. The molecule has 3 nitrogen and oxygen atoms in total. The van der Waals surface area contributed by atoms with Gasteiger partial charge in [-0.3, -0.25) is 0 Å². The number of hydrogen-bond acceptors (Lipinski definition) is 3. The van der Waals surface area contributed by atoms with Crippen LogP contribution in [-0.4, -0.2) is 6.71 Å². The first-order chi connectivity index (χ1) is 38.3. The quantitative estimate of drug-likeness (QED) is 0.160. The zero-order valence-electron chi connectivity index (χ0n) is 50.7. The Labute approximate surface area is 483 Å². The van der Waals surface area contributed by atoms with Crippen molar-refractivity contribution in [1.82, 2.24) is 0 Å². The molecule has 0 saturated carbocycles. The van der Waals surface area contributed by atoms with Crippen LogP contribution in [0.3, 0.4) is 0 Å². The van der Waals surface area contributed by atoms with E-state index in [2.05, 4.69) is 284 Å². The number of fused-ring (bicyclic) bond motifs is 10. The molecule has 4 heteroatoms. The normalized spacial score (nSPS) is 14.4. The molecule has 3 aliphatic rings. The lowest BCUT2D eigenvalue weighted by Gasteiger charge is -2.45. The summed E-state index contributed by atoms with van der Waals surface area (Å²) in [5.74, 6) is 0. The molecule has 3 heterocycles. The van der Waals surface area contributed by atoms with Crippen LogP contribution in [0.4, 0.5) is 34.1 Å². The maximum Gasteiger partial charge on any atom is 0.252 e. The molecule has 0 fully saturated rings. The van der Waals surface area contributed by atoms with E-state index in [0.717, 1.165) is 47.4 Å². The van der Waals surface area contributed by atoms with Gasteiger partial charge in [0.2, 0.25) is 0 Å². The van der Waals surface area contributed by atoms with Gasteiger partial charge in [0.1, 0.15) is 11.2 Å². The molecule has 0 bridgehead atoms. The van der Waals surface area contributed by atoms with Crippen LogP contribution in [0.5, 0.6) is 0 Å². The van der Waals surface area contributed by atoms with E-state index in [4.69, 9.17) is 4.42 Å². The van der Waals surface area contributed by atoms with E-state index >= 15 is 0 Å². The van der Waals surface area contributed by atoms with Crippen LogP contribution in [0, 0.1) is 0 Å². The maximum absolute atomic E-state index is 7.17. The van der Waals surface area contributed by atoms with E-state index in [1.54, 1.807) is 0 Å². The highest BCUT2D eigenvalue weighted by molar-refractivity contribution is 7.00. The fraction of sp³-hybridized carbons (Fsp3) is 0.299. The SMILES string of the molecule is CC(C)(C)c1ccc(-c2cc(-c3ccc(C(C)(C)C)cc3)cc(-c3cc4c5c(c3)N(c3ccc(C(C)(C)C)cc3)c3c(ccc6oc7c8c(ccc7c36)CCC8)B5c3cc(C(C)(C)C)ccc3N4c3ccc(C(C)(C)C)cc3)c2)cc1. The highest BCUT2D eigenvalue weighted by Gasteiger charge is 2.45. The Morgan fingerprint density at radius 1 is 0.370 bits per heavy atom. The topological polar surface area (TPSA) is 19.6 Å². The summed E-state index contributed by atoms with van der Waals surface area (Å²) in [4.78, 5) is 5.22. The van der Waals surface area contributed by atoms with Crippen LogP contribution in [0.1, 0.15) is 149 Å². The predicted molar refractivity (Wildman–Crippen MR) is 350 cm³/mol. The Kier molecular flexibility index (Phi) is 12.0. The molecule has 13 rings (SSSR count). The van der Waals surface area contributed by atoms with Gasteiger partial charge in [0.15, 0.2) is 0 Å². The average Bonchev–Trinajstić information content (AvgIpc) is 2.60. The molecule has 0 unspecified atom stereocenters. The van der Waals surface area contributed by atoms with Gasteiger partial charge in [0, 0.05) is 33.8 Å². The maximum atomic E-state index is 7.17. The standard InChI is InChI=1S/C77H79BN2O/c1-73(2,3)54-24-19-47(20-25-54)50-41-51(48-21-26-55(27-22-48)74(4,5)6)43-52(42-50)53-44-66-70-67(45-53)80(60-35-30-57(31-36-60)76(10,11)12)71-63(38-40-68-69(71)62-37-23-49-17-16-18-61(49)72(62)81-68)78(70)64-46-58(77(13,14)15)32-39-65(64)79(66)59-33-28-56(29-34-59)75(7,8)9/h19-46H,16-18H2,1-15H3. The minimum absolute atomic E-state index is 0.00238. The van der Waals surface area contributed by atoms with Crippen molar-refractivity contribution >= 4 is 79.2 Å². The Morgan fingerprint density at radius 2 is 0.815 bits per heavy atom. The van der Waals surface area contributed by atoms with Crippen molar-refractivity contribution in [1.29, 1.82) is 0 Å². The van der Waals surface area contributed by atoms with Crippen LogP contribution >= 0.6 is 0 Å². The second kappa shape index (κ2) is 18.5. The van der Waals surface area contributed by atoms with Gasteiger partial charge in [-0.2, -0.15) is 0 Å². The van der Waals surface area contributed by atoms with E-state index < -0.39 is 0 Å². The van der Waals surface area contributed by atoms with Crippen molar-refractivity contribution in [2.24, 2.45) is 0 Å². The van der Waals surface area contributed by atoms with Gasteiger partial charge >= 0.3 is 0 Å². The number of anilines is 6. The van der Waals surface area contributed by atoms with Crippen molar-refractivity contribution in [3.8, 4) is 33.4 Å². The molecule has 10 aromatic rings. The lowest BCUT2D eigenvalue weighted by molar-refractivity contribution is 0.590. The van der Waals surface area contributed by atoms with E-state index in [0.29, 0.717) is 0 Å². The molecule has 0 spiro atoms. The van der Waals surface area contributed by atoms with Gasteiger partial charge in [-0.1, -0.05) is 207 Å². The van der Waals surface area contributed by atoms with E-state index in [-0.39, 0.29) is 33.8 Å². The number of benzene rings is 9. The van der Waals surface area contributed by atoms with Crippen LogP contribution in [0.2, 0.25) is 0 Å². The van der Waals surface area contributed by atoms with Crippen LogP contribution in [0.25, 0.3) is 55.3 Å². The van der Waals surface area contributed by atoms with Gasteiger partial charge in [-0.25, -0.2) is 0 Å². The van der Waals surface area contributed by atoms with Crippen LogP contribution in [-0.2, 0) is 39.9 Å². The first kappa shape index (κ1) is 52.8. The minimum atomic E-state index is -0.0834. The number of nitrogens with zero attached hydrogens (tertiary/aromatic N) is 2. The molecule has 0 atom stereocenters. The zero-order valence-corrected chi connectivity index (χ0v) is 50.7. The number of rotatable bonds is 5. The third-order valence-corrected chi connectivity index (χ3v) is 18.2.